The number of benzene rings is 1. The van der Waals surface area contributed by atoms with Crippen LogP contribution in [0.4, 0.5) is 18.9 Å². The van der Waals surface area contributed by atoms with Crippen molar-refractivity contribution in [3.63, 3.8) is 0 Å². The first kappa shape index (κ1) is 18.5. The Kier molecular flexibility index (Phi) is 5.42. The van der Waals surface area contributed by atoms with Crippen LogP contribution in [0, 0.1) is 0 Å². The van der Waals surface area contributed by atoms with Gasteiger partial charge in [0.1, 0.15) is 5.56 Å². The van der Waals surface area contributed by atoms with Gasteiger partial charge in [0.2, 0.25) is 5.91 Å². The van der Waals surface area contributed by atoms with Crippen LogP contribution in [-0.4, -0.2) is 34.8 Å². The number of carbonyl (C=O) groups is 2. The van der Waals surface area contributed by atoms with E-state index in [9.17, 15) is 22.8 Å². The fourth-order valence-electron chi connectivity index (χ4n) is 2.10. The number of halogens is 3. The van der Waals surface area contributed by atoms with Crippen molar-refractivity contribution in [2.45, 2.75) is 13.1 Å². The molecule has 3 N–H and O–H groups in total. The van der Waals surface area contributed by atoms with Crippen molar-refractivity contribution in [3.05, 3.63) is 41.7 Å². The van der Waals surface area contributed by atoms with E-state index in [0.717, 1.165) is 6.20 Å². The number of aromatic nitrogens is 2. The average Bonchev–Trinajstić information content (AvgIpc) is 3.00. The standard InChI is InChI=1S/C15H15F3N4O3/c1-2-25-14(24)11-8-20-22(13(11)15(16,17)18)10-5-3-4-9(6-10)21-12(23)7-19/h3-6,8H,2,7,19H2,1H3,(H,21,23). The Bertz CT molecular complexity index is 787. The number of anilines is 1. The Morgan fingerprint density at radius 3 is 2.68 bits per heavy atom. The van der Waals surface area contributed by atoms with Crippen LogP contribution >= 0.6 is 0 Å². The van der Waals surface area contributed by atoms with Crippen molar-refractivity contribution in [2.75, 3.05) is 18.5 Å². The molecule has 0 atom stereocenters. The molecule has 0 aliphatic rings. The van der Waals surface area contributed by atoms with Gasteiger partial charge in [0.05, 0.1) is 25.0 Å². The summed E-state index contributed by atoms with van der Waals surface area (Å²) in [6.07, 6.45) is -4.04. The molecule has 0 aliphatic heterocycles. The molecule has 0 radical (unpaired) electrons. The van der Waals surface area contributed by atoms with E-state index in [1.54, 1.807) is 0 Å². The van der Waals surface area contributed by atoms with Crippen molar-refractivity contribution in [3.8, 4) is 5.69 Å². The zero-order valence-electron chi connectivity index (χ0n) is 13.1. The van der Waals surface area contributed by atoms with Crippen LogP contribution in [0.15, 0.2) is 30.5 Å². The Balaban J connectivity index is 2.51. The van der Waals surface area contributed by atoms with Crippen molar-refractivity contribution < 1.29 is 27.5 Å². The van der Waals surface area contributed by atoms with Gasteiger partial charge in [-0.15, -0.1) is 0 Å². The minimum atomic E-state index is -4.84. The number of nitrogens with zero attached hydrogens (tertiary/aromatic N) is 2. The third kappa shape index (κ3) is 4.15. The summed E-state index contributed by atoms with van der Waals surface area (Å²) < 4.78 is 45.5. The summed E-state index contributed by atoms with van der Waals surface area (Å²) >= 11 is 0. The van der Waals surface area contributed by atoms with Gasteiger partial charge in [0.25, 0.3) is 0 Å². The highest BCUT2D eigenvalue weighted by molar-refractivity contribution is 5.92. The van der Waals surface area contributed by atoms with Crippen molar-refractivity contribution >= 4 is 17.6 Å². The number of hydrogen-bond donors (Lipinski definition) is 2. The number of alkyl halides is 3. The molecular formula is C15H15F3N4O3. The normalized spacial score (nSPS) is 11.2. The Morgan fingerprint density at radius 1 is 1.36 bits per heavy atom. The molecule has 134 valence electrons. The molecule has 7 nitrogen and oxygen atoms in total. The zero-order valence-corrected chi connectivity index (χ0v) is 13.1. The van der Waals surface area contributed by atoms with Crippen LogP contribution in [0.1, 0.15) is 23.0 Å². The summed E-state index contributed by atoms with van der Waals surface area (Å²) in [6.45, 7) is 1.15. The fraction of sp³-hybridized carbons (Fsp3) is 0.267. The lowest BCUT2D eigenvalue weighted by atomic mass is 10.2. The number of hydrogen-bond acceptors (Lipinski definition) is 5. The van der Waals surface area contributed by atoms with Gasteiger partial charge in [-0.2, -0.15) is 18.3 Å². The first-order chi connectivity index (χ1) is 11.8. The maximum Gasteiger partial charge on any atom is 0.434 e. The Hall–Kier alpha value is -2.88. The molecule has 0 spiro atoms. The molecule has 0 saturated heterocycles. The van der Waals surface area contributed by atoms with Gasteiger partial charge in [-0.25, -0.2) is 9.48 Å². The van der Waals surface area contributed by atoms with Crippen LogP contribution in [0.2, 0.25) is 0 Å². The third-order valence-corrected chi connectivity index (χ3v) is 3.09. The van der Waals surface area contributed by atoms with E-state index in [2.05, 4.69) is 15.2 Å². The van der Waals surface area contributed by atoms with E-state index in [1.165, 1.54) is 31.2 Å². The summed E-state index contributed by atoms with van der Waals surface area (Å²) in [4.78, 5) is 23.1. The highest BCUT2D eigenvalue weighted by atomic mass is 19.4. The molecule has 2 aromatic rings. The molecule has 10 heteroatoms. The fourth-order valence-corrected chi connectivity index (χ4v) is 2.10. The lowest BCUT2D eigenvalue weighted by Gasteiger charge is -2.13. The predicted octanol–water partition coefficient (Wildman–Crippen LogP) is 1.96. The summed E-state index contributed by atoms with van der Waals surface area (Å²) in [5.41, 5.74) is 3.50. The van der Waals surface area contributed by atoms with Gasteiger partial charge in [0, 0.05) is 5.69 Å². The molecule has 0 saturated carbocycles. The second-order valence-corrected chi connectivity index (χ2v) is 4.84. The van der Waals surface area contributed by atoms with Crippen molar-refractivity contribution in [1.29, 1.82) is 0 Å². The second kappa shape index (κ2) is 7.34. The monoisotopic (exact) mass is 356 g/mol. The molecule has 1 heterocycles. The van der Waals surface area contributed by atoms with Gasteiger partial charge in [-0.1, -0.05) is 6.07 Å². The SMILES string of the molecule is CCOC(=O)c1cnn(-c2cccc(NC(=O)CN)c2)c1C(F)(F)F. The van der Waals surface area contributed by atoms with Crippen LogP contribution < -0.4 is 11.1 Å². The minimum Gasteiger partial charge on any atom is -0.462 e. The summed E-state index contributed by atoms with van der Waals surface area (Å²) in [5.74, 6) is -1.62. The molecule has 0 unspecified atom stereocenters. The van der Waals surface area contributed by atoms with Crippen LogP contribution in [-0.2, 0) is 15.7 Å². The smallest absolute Gasteiger partial charge is 0.434 e. The number of esters is 1. The number of nitrogens with one attached hydrogen (secondary N) is 1. The van der Waals surface area contributed by atoms with E-state index < -0.39 is 29.3 Å². The molecule has 1 aromatic heterocycles. The first-order valence-electron chi connectivity index (χ1n) is 7.20. The predicted molar refractivity (Wildman–Crippen MR) is 82.2 cm³/mol. The molecule has 0 fully saturated rings. The average molecular weight is 356 g/mol. The number of rotatable bonds is 5. The maximum absolute atomic E-state index is 13.4. The van der Waals surface area contributed by atoms with E-state index in [0.29, 0.717) is 4.68 Å². The highest BCUT2D eigenvalue weighted by Gasteiger charge is 2.41. The summed E-state index contributed by atoms with van der Waals surface area (Å²) in [6, 6.07) is 5.56. The largest absolute Gasteiger partial charge is 0.462 e. The van der Waals surface area contributed by atoms with Crippen LogP contribution in [0.3, 0.4) is 0 Å². The first-order valence-corrected chi connectivity index (χ1v) is 7.20. The lowest BCUT2D eigenvalue weighted by molar-refractivity contribution is -0.143. The van der Waals surface area contributed by atoms with Gasteiger partial charge in [-0.05, 0) is 25.1 Å². The quantitative estimate of drug-likeness (QED) is 0.798. The second-order valence-electron chi connectivity index (χ2n) is 4.84. The van der Waals surface area contributed by atoms with Crippen LogP contribution in [0.5, 0.6) is 0 Å². The zero-order chi connectivity index (χ0) is 18.6. The number of ether oxygens (including phenoxy) is 1. The highest BCUT2D eigenvalue weighted by Crippen LogP contribution is 2.34. The van der Waals surface area contributed by atoms with Gasteiger partial charge >= 0.3 is 12.1 Å². The molecule has 1 amide bonds. The molecule has 1 aromatic carbocycles. The van der Waals surface area contributed by atoms with E-state index in [-0.39, 0.29) is 24.5 Å². The van der Waals surface area contributed by atoms with Gasteiger partial charge in [0.15, 0.2) is 5.69 Å². The maximum atomic E-state index is 13.4. The van der Waals surface area contributed by atoms with Crippen LogP contribution in [0.25, 0.3) is 5.69 Å². The Labute approximate surface area is 140 Å². The van der Waals surface area contributed by atoms with Crippen molar-refractivity contribution in [2.24, 2.45) is 5.73 Å². The number of nitrogens with two attached hydrogens (primary N) is 1. The van der Waals surface area contributed by atoms with E-state index >= 15 is 0 Å². The molecule has 25 heavy (non-hydrogen) atoms. The van der Waals surface area contributed by atoms with E-state index in [4.69, 9.17) is 5.73 Å². The summed E-state index contributed by atoms with van der Waals surface area (Å²) in [7, 11) is 0. The molecule has 2 rings (SSSR count). The van der Waals surface area contributed by atoms with Gasteiger partial charge < -0.3 is 15.8 Å². The molecule has 0 bridgehead atoms. The van der Waals surface area contributed by atoms with Crippen molar-refractivity contribution in [1.82, 2.24) is 9.78 Å². The minimum absolute atomic E-state index is 0.0118. The third-order valence-electron chi connectivity index (χ3n) is 3.09. The Morgan fingerprint density at radius 2 is 2.08 bits per heavy atom. The lowest BCUT2D eigenvalue weighted by Crippen LogP contribution is -2.22. The van der Waals surface area contributed by atoms with Gasteiger partial charge in [-0.3, -0.25) is 4.79 Å². The number of carbonyl (C=O) groups excluding carboxylic acids is 2. The topological polar surface area (TPSA) is 99.2 Å². The molecule has 0 aliphatic carbocycles. The molecular weight excluding hydrogens is 341 g/mol. The van der Waals surface area contributed by atoms with E-state index in [1.807, 2.05) is 0 Å². The number of amides is 1. The summed E-state index contributed by atoms with van der Waals surface area (Å²) in [5, 5.41) is 6.09.